The molecule has 2 heterocycles. The third-order valence-corrected chi connectivity index (χ3v) is 5.97. The lowest BCUT2D eigenvalue weighted by molar-refractivity contribution is -0.121. The number of carbonyl (C=O) groups excluding carboxylic acids is 2. The maximum atomic E-state index is 12.4. The van der Waals surface area contributed by atoms with Crippen LogP contribution < -0.4 is 10.6 Å². The zero-order chi connectivity index (χ0) is 17.7. The molecule has 3 rings (SSSR count). The van der Waals surface area contributed by atoms with Crippen LogP contribution >= 0.6 is 11.6 Å². The molecule has 2 aliphatic heterocycles. The lowest BCUT2D eigenvalue weighted by Crippen LogP contribution is -2.48. The van der Waals surface area contributed by atoms with E-state index < -0.39 is 0 Å². The molecule has 6 heteroatoms. The molecule has 2 aliphatic rings. The third kappa shape index (κ3) is 4.66. The lowest BCUT2D eigenvalue weighted by atomic mass is 9.73. The molecule has 0 aliphatic carbocycles. The molecular formula is C19H26ClN3O2. The minimum Gasteiger partial charge on any atom is -0.356 e. The summed E-state index contributed by atoms with van der Waals surface area (Å²) in [6, 6.07) is 7.73. The van der Waals surface area contributed by atoms with Crippen molar-refractivity contribution in [2.75, 3.05) is 26.2 Å². The van der Waals surface area contributed by atoms with E-state index in [2.05, 4.69) is 10.6 Å². The van der Waals surface area contributed by atoms with Gasteiger partial charge >= 0.3 is 6.03 Å². The van der Waals surface area contributed by atoms with E-state index >= 15 is 0 Å². The van der Waals surface area contributed by atoms with E-state index in [0.717, 1.165) is 62.3 Å². The van der Waals surface area contributed by atoms with Gasteiger partial charge in [0.25, 0.3) is 0 Å². The Kier molecular flexibility index (Phi) is 5.84. The van der Waals surface area contributed by atoms with Crippen LogP contribution in [0.25, 0.3) is 0 Å². The molecule has 5 nitrogen and oxygen atoms in total. The Balaban J connectivity index is 1.44. The minimum absolute atomic E-state index is 0.00438. The fourth-order valence-electron chi connectivity index (χ4n) is 3.86. The van der Waals surface area contributed by atoms with E-state index in [9.17, 15) is 9.59 Å². The van der Waals surface area contributed by atoms with Gasteiger partial charge in [0.1, 0.15) is 0 Å². The van der Waals surface area contributed by atoms with Crippen molar-refractivity contribution in [3.8, 4) is 0 Å². The fraction of sp³-hybridized carbons (Fsp3) is 0.579. The highest BCUT2D eigenvalue weighted by Gasteiger charge is 2.37. The average Bonchev–Trinajstić information content (AvgIpc) is 2.79. The standard InChI is InChI=1S/C19H26ClN3O2/c20-16-4-2-1-3-15(16)6-11-22-18(25)23-13-9-19(10-14-23)7-5-17(24)21-12-8-19/h1-4H,5-14H2,(H,21,24)(H,22,25). The molecule has 2 saturated heterocycles. The number of nitrogens with one attached hydrogen (secondary N) is 2. The third-order valence-electron chi connectivity index (χ3n) is 5.60. The number of carbonyl (C=O) groups is 2. The topological polar surface area (TPSA) is 61.4 Å². The molecule has 1 aromatic rings. The van der Waals surface area contributed by atoms with Crippen LogP contribution in [0, 0.1) is 5.41 Å². The van der Waals surface area contributed by atoms with Crippen LogP contribution in [0.5, 0.6) is 0 Å². The summed E-state index contributed by atoms with van der Waals surface area (Å²) >= 11 is 6.14. The van der Waals surface area contributed by atoms with E-state index in [-0.39, 0.29) is 17.4 Å². The first-order valence-electron chi connectivity index (χ1n) is 9.11. The summed E-state index contributed by atoms with van der Waals surface area (Å²) in [4.78, 5) is 25.8. The summed E-state index contributed by atoms with van der Waals surface area (Å²) < 4.78 is 0. The van der Waals surface area contributed by atoms with Crippen LogP contribution in [0.3, 0.4) is 0 Å². The molecular weight excluding hydrogens is 338 g/mol. The molecule has 136 valence electrons. The van der Waals surface area contributed by atoms with Crippen molar-refractivity contribution in [2.45, 2.75) is 38.5 Å². The second-order valence-corrected chi connectivity index (χ2v) is 7.57. The van der Waals surface area contributed by atoms with Crippen LogP contribution in [0.15, 0.2) is 24.3 Å². The van der Waals surface area contributed by atoms with E-state index in [0.29, 0.717) is 13.0 Å². The van der Waals surface area contributed by atoms with Crippen molar-refractivity contribution in [1.82, 2.24) is 15.5 Å². The zero-order valence-corrected chi connectivity index (χ0v) is 15.3. The summed E-state index contributed by atoms with van der Waals surface area (Å²) in [5.41, 5.74) is 1.28. The highest BCUT2D eigenvalue weighted by atomic mass is 35.5. The van der Waals surface area contributed by atoms with Gasteiger partial charge in [-0.05, 0) is 49.1 Å². The van der Waals surface area contributed by atoms with Gasteiger partial charge in [0, 0.05) is 37.6 Å². The van der Waals surface area contributed by atoms with Gasteiger partial charge in [-0.25, -0.2) is 4.79 Å². The number of likely N-dealkylation sites (tertiary alicyclic amines) is 1. The Morgan fingerprint density at radius 1 is 1.20 bits per heavy atom. The van der Waals surface area contributed by atoms with Crippen molar-refractivity contribution < 1.29 is 9.59 Å². The second-order valence-electron chi connectivity index (χ2n) is 7.16. The Hall–Kier alpha value is -1.75. The van der Waals surface area contributed by atoms with Crippen molar-refractivity contribution in [3.63, 3.8) is 0 Å². The van der Waals surface area contributed by atoms with Crippen LogP contribution in [0.1, 0.15) is 37.7 Å². The molecule has 1 spiro atoms. The van der Waals surface area contributed by atoms with Crippen LogP contribution in [-0.2, 0) is 11.2 Å². The van der Waals surface area contributed by atoms with Crippen molar-refractivity contribution in [2.24, 2.45) is 5.41 Å². The Morgan fingerprint density at radius 3 is 2.72 bits per heavy atom. The Bertz CT molecular complexity index is 627. The second kappa shape index (κ2) is 8.09. The van der Waals surface area contributed by atoms with Crippen molar-refractivity contribution >= 4 is 23.5 Å². The molecule has 0 unspecified atom stereocenters. The summed E-state index contributed by atoms with van der Waals surface area (Å²) in [7, 11) is 0. The number of nitrogens with zero attached hydrogens (tertiary/aromatic N) is 1. The largest absolute Gasteiger partial charge is 0.356 e. The number of urea groups is 1. The van der Waals surface area contributed by atoms with Crippen LogP contribution in [0.2, 0.25) is 5.02 Å². The van der Waals surface area contributed by atoms with Gasteiger partial charge in [0.05, 0.1) is 0 Å². The molecule has 0 radical (unpaired) electrons. The molecule has 0 bridgehead atoms. The Labute approximate surface area is 154 Å². The summed E-state index contributed by atoms with van der Waals surface area (Å²) in [6.45, 7) is 2.89. The molecule has 3 amide bonds. The van der Waals surface area contributed by atoms with Gasteiger partial charge in [-0.15, -0.1) is 0 Å². The average molecular weight is 364 g/mol. The number of rotatable bonds is 3. The predicted octanol–water partition coefficient (Wildman–Crippen LogP) is 2.97. The number of hydrogen-bond acceptors (Lipinski definition) is 2. The monoisotopic (exact) mass is 363 g/mol. The predicted molar refractivity (Wildman–Crippen MR) is 98.7 cm³/mol. The number of piperidine rings is 1. The molecule has 0 atom stereocenters. The number of benzene rings is 1. The molecule has 2 fully saturated rings. The summed E-state index contributed by atoms with van der Waals surface area (Å²) in [5, 5.41) is 6.70. The van der Waals surface area contributed by atoms with Gasteiger partial charge in [-0.3, -0.25) is 4.79 Å². The zero-order valence-electron chi connectivity index (χ0n) is 14.5. The molecule has 25 heavy (non-hydrogen) atoms. The molecule has 0 saturated carbocycles. The van der Waals surface area contributed by atoms with Gasteiger partial charge in [-0.1, -0.05) is 29.8 Å². The normalized spacial score (nSPS) is 20.0. The van der Waals surface area contributed by atoms with Crippen molar-refractivity contribution in [1.29, 1.82) is 0 Å². The van der Waals surface area contributed by atoms with E-state index in [4.69, 9.17) is 11.6 Å². The molecule has 1 aromatic carbocycles. The van der Waals surface area contributed by atoms with E-state index in [1.807, 2.05) is 29.2 Å². The quantitative estimate of drug-likeness (QED) is 0.867. The smallest absolute Gasteiger partial charge is 0.317 e. The summed E-state index contributed by atoms with van der Waals surface area (Å²) in [5.74, 6) is 0.164. The van der Waals surface area contributed by atoms with Gasteiger partial charge in [0.2, 0.25) is 5.91 Å². The fourth-order valence-corrected chi connectivity index (χ4v) is 4.09. The first-order valence-corrected chi connectivity index (χ1v) is 9.49. The number of halogens is 1. The summed E-state index contributed by atoms with van der Waals surface area (Å²) in [6.07, 6.45) is 5.29. The first-order chi connectivity index (χ1) is 12.1. The highest BCUT2D eigenvalue weighted by Crippen LogP contribution is 2.40. The molecule has 0 aromatic heterocycles. The van der Waals surface area contributed by atoms with Gasteiger partial charge < -0.3 is 15.5 Å². The lowest BCUT2D eigenvalue weighted by Gasteiger charge is -2.41. The van der Waals surface area contributed by atoms with Crippen molar-refractivity contribution in [3.05, 3.63) is 34.9 Å². The molecule has 2 N–H and O–H groups in total. The first kappa shape index (κ1) is 18.1. The van der Waals surface area contributed by atoms with Crippen LogP contribution in [0.4, 0.5) is 4.79 Å². The van der Waals surface area contributed by atoms with Gasteiger partial charge in [0.15, 0.2) is 0 Å². The Morgan fingerprint density at radius 2 is 1.96 bits per heavy atom. The maximum Gasteiger partial charge on any atom is 0.317 e. The van der Waals surface area contributed by atoms with Gasteiger partial charge in [-0.2, -0.15) is 0 Å². The highest BCUT2D eigenvalue weighted by molar-refractivity contribution is 6.31. The van der Waals surface area contributed by atoms with E-state index in [1.54, 1.807) is 0 Å². The number of amides is 3. The number of hydrogen-bond donors (Lipinski definition) is 2. The maximum absolute atomic E-state index is 12.4. The van der Waals surface area contributed by atoms with E-state index in [1.165, 1.54) is 0 Å². The van der Waals surface area contributed by atoms with Crippen LogP contribution in [-0.4, -0.2) is 43.0 Å². The minimum atomic E-state index is 0.00438. The SMILES string of the molecule is O=C1CCC2(CCN1)CCN(C(=O)NCCc1ccccc1Cl)CC2.